The van der Waals surface area contributed by atoms with E-state index < -0.39 is 8.07 Å². The third-order valence-corrected chi connectivity index (χ3v) is 5.36. The van der Waals surface area contributed by atoms with E-state index in [4.69, 9.17) is 0 Å². The van der Waals surface area contributed by atoms with Crippen molar-refractivity contribution in [1.82, 2.24) is 0 Å². The standard InChI is InChI=1S/C9H18OSi/c1-11(2,3)9-7-5-4-6-8(9)10/h4-5,8-10H,6-7H2,1-3H3/t8-,9+/m1/s1. The Kier molecular flexibility index (Phi) is 2.55. The maximum Gasteiger partial charge on any atom is 0.0582 e. The van der Waals surface area contributed by atoms with Gasteiger partial charge in [0.25, 0.3) is 0 Å². The highest BCUT2D eigenvalue weighted by Crippen LogP contribution is 2.33. The molecule has 1 aliphatic carbocycles. The average Bonchev–Trinajstić information content (AvgIpc) is 1.86. The first kappa shape index (κ1) is 9.01. The molecule has 0 radical (unpaired) electrons. The summed E-state index contributed by atoms with van der Waals surface area (Å²) in [5.41, 5.74) is 0.576. The maximum atomic E-state index is 9.69. The summed E-state index contributed by atoms with van der Waals surface area (Å²) < 4.78 is 0. The van der Waals surface area contributed by atoms with Crippen LogP contribution in [0.1, 0.15) is 12.8 Å². The van der Waals surface area contributed by atoms with Crippen LogP contribution in [0.5, 0.6) is 0 Å². The Bertz CT molecular complexity index is 157. The number of hydrogen-bond acceptors (Lipinski definition) is 1. The van der Waals surface area contributed by atoms with Gasteiger partial charge >= 0.3 is 0 Å². The highest BCUT2D eigenvalue weighted by Gasteiger charge is 2.32. The molecule has 0 aromatic heterocycles. The monoisotopic (exact) mass is 170 g/mol. The van der Waals surface area contributed by atoms with Crippen molar-refractivity contribution in [1.29, 1.82) is 0 Å². The highest BCUT2D eigenvalue weighted by molar-refractivity contribution is 6.77. The van der Waals surface area contributed by atoms with Gasteiger partial charge in [-0.05, 0) is 18.4 Å². The molecule has 1 N–H and O–H groups in total. The molecule has 64 valence electrons. The Morgan fingerprint density at radius 1 is 1.18 bits per heavy atom. The number of aliphatic hydroxyl groups is 1. The zero-order chi connectivity index (χ0) is 8.48. The molecule has 0 unspecified atom stereocenters. The van der Waals surface area contributed by atoms with Gasteiger partial charge in [-0.3, -0.25) is 0 Å². The minimum absolute atomic E-state index is 0.0633. The van der Waals surface area contributed by atoms with Crippen molar-refractivity contribution < 1.29 is 5.11 Å². The lowest BCUT2D eigenvalue weighted by atomic mass is 10.0. The summed E-state index contributed by atoms with van der Waals surface area (Å²) in [6, 6.07) is 0. The molecule has 0 spiro atoms. The Morgan fingerprint density at radius 2 is 1.73 bits per heavy atom. The highest BCUT2D eigenvalue weighted by atomic mass is 28.3. The van der Waals surface area contributed by atoms with Crippen LogP contribution < -0.4 is 0 Å². The number of rotatable bonds is 1. The van der Waals surface area contributed by atoms with Crippen LogP contribution >= 0.6 is 0 Å². The molecule has 11 heavy (non-hydrogen) atoms. The van der Waals surface area contributed by atoms with Crippen molar-refractivity contribution in [2.24, 2.45) is 0 Å². The van der Waals surface area contributed by atoms with E-state index >= 15 is 0 Å². The molecule has 2 heteroatoms. The molecule has 1 rings (SSSR count). The lowest BCUT2D eigenvalue weighted by Gasteiger charge is -2.33. The quantitative estimate of drug-likeness (QED) is 0.473. The van der Waals surface area contributed by atoms with Crippen molar-refractivity contribution in [3.05, 3.63) is 12.2 Å². The summed E-state index contributed by atoms with van der Waals surface area (Å²) >= 11 is 0. The van der Waals surface area contributed by atoms with E-state index in [0.717, 1.165) is 12.8 Å². The van der Waals surface area contributed by atoms with Crippen LogP contribution in [0.3, 0.4) is 0 Å². The zero-order valence-electron chi connectivity index (χ0n) is 7.67. The predicted octanol–water partition coefficient (Wildman–Crippen LogP) is 2.41. The van der Waals surface area contributed by atoms with E-state index in [9.17, 15) is 5.11 Å². The molecule has 0 aromatic rings. The van der Waals surface area contributed by atoms with Gasteiger partial charge in [0.1, 0.15) is 0 Å². The van der Waals surface area contributed by atoms with E-state index in [1.807, 2.05) is 0 Å². The molecule has 0 aliphatic heterocycles. The molecule has 1 aliphatic rings. The Balaban J connectivity index is 2.64. The first-order chi connectivity index (χ1) is 5.02. The van der Waals surface area contributed by atoms with Gasteiger partial charge in [-0.1, -0.05) is 31.8 Å². The lowest BCUT2D eigenvalue weighted by molar-refractivity contribution is 0.161. The number of aliphatic hydroxyl groups excluding tert-OH is 1. The third-order valence-electron chi connectivity index (χ3n) is 2.51. The van der Waals surface area contributed by atoms with Crippen LogP contribution in [-0.4, -0.2) is 19.3 Å². The van der Waals surface area contributed by atoms with E-state index in [2.05, 4.69) is 31.8 Å². The normalized spacial score (nSPS) is 32.4. The molecule has 2 atom stereocenters. The zero-order valence-corrected chi connectivity index (χ0v) is 8.67. The summed E-state index contributed by atoms with van der Waals surface area (Å²) in [6.45, 7) is 7.00. The summed E-state index contributed by atoms with van der Waals surface area (Å²) in [4.78, 5) is 0. The molecule has 0 saturated carbocycles. The smallest absolute Gasteiger partial charge is 0.0582 e. The fraction of sp³-hybridized carbons (Fsp3) is 0.778. The molecule has 0 heterocycles. The second-order valence-electron chi connectivity index (χ2n) is 4.48. The second kappa shape index (κ2) is 3.11. The Labute approximate surface area is 70.1 Å². The van der Waals surface area contributed by atoms with E-state index in [0.29, 0.717) is 5.54 Å². The molecule has 0 amide bonds. The summed E-state index contributed by atoms with van der Waals surface area (Å²) in [6.07, 6.45) is 6.22. The van der Waals surface area contributed by atoms with Crippen molar-refractivity contribution >= 4 is 8.07 Å². The largest absolute Gasteiger partial charge is 0.393 e. The van der Waals surface area contributed by atoms with E-state index in [-0.39, 0.29) is 6.10 Å². The molecule has 0 bridgehead atoms. The van der Waals surface area contributed by atoms with Crippen LogP contribution in [-0.2, 0) is 0 Å². The molecular weight excluding hydrogens is 152 g/mol. The summed E-state index contributed by atoms with van der Waals surface area (Å²) in [5.74, 6) is 0. The van der Waals surface area contributed by atoms with Crippen LogP contribution in [0.15, 0.2) is 12.2 Å². The van der Waals surface area contributed by atoms with Crippen molar-refractivity contribution in [3.63, 3.8) is 0 Å². The summed E-state index contributed by atoms with van der Waals surface area (Å²) in [5, 5.41) is 9.69. The van der Waals surface area contributed by atoms with Gasteiger partial charge in [0.15, 0.2) is 0 Å². The fourth-order valence-corrected chi connectivity index (χ4v) is 3.86. The van der Waals surface area contributed by atoms with Crippen LogP contribution in [0.2, 0.25) is 25.2 Å². The van der Waals surface area contributed by atoms with Gasteiger partial charge in [0, 0.05) is 0 Å². The Morgan fingerprint density at radius 3 is 2.09 bits per heavy atom. The van der Waals surface area contributed by atoms with E-state index in [1.165, 1.54) is 0 Å². The minimum Gasteiger partial charge on any atom is -0.393 e. The summed E-state index contributed by atoms with van der Waals surface area (Å²) in [7, 11) is -1.12. The molecule has 0 saturated heterocycles. The van der Waals surface area contributed by atoms with Gasteiger partial charge in [0.05, 0.1) is 14.2 Å². The second-order valence-corrected chi connectivity index (χ2v) is 9.96. The minimum atomic E-state index is -1.12. The first-order valence-electron chi connectivity index (χ1n) is 4.35. The van der Waals surface area contributed by atoms with Crippen LogP contribution in [0, 0.1) is 0 Å². The number of allylic oxidation sites excluding steroid dienone is 1. The van der Waals surface area contributed by atoms with Crippen LogP contribution in [0.4, 0.5) is 0 Å². The van der Waals surface area contributed by atoms with Crippen LogP contribution in [0.25, 0.3) is 0 Å². The number of hydrogen-bond donors (Lipinski definition) is 1. The SMILES string of the molecule is C[Si](C)(C)[C@H]1CC=CC[C@H]1O. The average molecular weight is 170 g/mol. The van der Waals surface area contributed by atoms with Gasteiger partial charge in [-0.25, -0.2) is 0 Å². The Hall–Kier alpha value is -0.0831. The molecule has 1 nitrogen and oxygen atoms in total. The van der Waals surface area contributed by atoms with E-state index in [1.54, 1.807) is 0 Å². The molecule has 0 aromatic carbocycles. The predicted molar refractivity (Wildman–Crippen MR) is 51.5 cm³/mol. The molecule has 0 fully saturated rings. The van der Waals surface area contributed by atoms with Gasteiger partial charge < -0.3 is 5.11 Å². The van der Waals surface area contributed by atoms with Gasteiger partial charge in [-0.2, -0.15) is 0 Å². The fourth-order valence-electron chi connectivity index (χ4n) is 1.73. The van der Waals surface area contributed by atoms with Gasteiger partial charge in [-0.15, -0.1) is 0 Å². The topological polar surface area (TPSA) is 20.2 Å². The molecular formula is C9H18OSi. The van der Waals surface area contributed by atoms with Crippen molar-refractivity contribution in [3.8, 4) is 0 Å². The first-order valence-corrected chi connectivity index (χ1v) is 7.92. The third kappa shape index (κ3) is 2.17. The van der Waals surface area contributed by atoms with Gasteiger partial charge in [0.2, 0.25) is 0 Å². The van der Waals surface area contributed by atoms with Crippen molar-refractivity contribution in [2.45, 2.75) is 44.1 Å². The maximum absolute atomic E-state index is 9.69. The lowest BCUT2D eigenvalue weighted by Crippen LogP contribution is -2.36. The van der Waals surface area contributed by atoms with Crippen molar-refractivity contribution in [2.75, 3.05) is 0 Å².